The van der Waals surface area contributed by atoms with Crippen LogP contribution in [0.5, 0.6) is 0 Å². The number of amides is 1. The van der Waals surface area contributed by atoms with Gasteiger partial charge in [-0.05, 0) is 24.5 Å². The first-order valence-corrected chi connectivity index (χ1v) is 12.8. The second kappa shape index (κ2) is 12.0. The van der Waals surface area contributed by atoms with Crippen LogP contribution in [0.3, 0.4) is 0 Å². The standard InChI is InChI=1S/C27H31N5O2S/c1-19(2)13-15-32-26(30-31-27(32)35-18-25(33)28-14-16-34-3)22-17-24(20-9-5-4-6-10-20)29-23-12-8-7-11-21(22)23/h4-12,17,19H,13-16,18H2,1-3H3,(H,28,33). The maximum atomic E-state index is 12.3. The van der Waals surface area contributed by atoms with Crippen molar-refractivity contribution in [3.63, 3.8) is 0 Å². The summed E-state index contributed by atoms with van der Waals surface area (Å²) in [4.78, 5) is 17.2. The van der Waals surface area contributed by atoms with Crippen molar-refractivity contribution in [2.24, 2.45) is 5.92 Å². The zero-order chi connectivity index (χ0) is 24.6. The minimum absolute atomic E-state index is 0.0484. The van der Waals surface area contributed by atoms with Crippen molar-refractivity contribution in [2.45, 2.75) is 32.0 Å². The molecule has 0 saturated heterocycles. The van der Waals surface area contributed by atoms with Crippen molar-refractivity contribution in [2.75, 3.05) is 26.0 Å². The molecule has 2 aromatic heterocycles. The van der Waals surface area contributed by atoms with E-state index in [9.17, 15) is 4.79 Å². The summed E-state index contributed by atoms with van der Waals surface area (Å²) in [5.41, 5.74) is 3.84. The summed E-state index contributed by atoms with van der Waals surface area (Å²) in [6, 6.07) is 20.4. The maximum absolute atomic E-state index is 12.3. The van der Waals surface area contributed by atoms with Crippen LogP contribution in [0.15, 0.2) is 65.8 Å². The quantitative estimate of drug-likeness (QED) is 0.234. The number of pyridine rings is 1. The van der Waals surface area contributed by atoms with Crippen LogP contribution in [0, 0.1) is 5.92 Å². The number of hydrogen-bond donors (Lipinski definition) is 1. The summed E-state index contributed by atoms with van der Waals surface area (Å²) in [6.45, 7) is 6.16. The summed E-state index contributed by atoms with van der Waals surface area (Å²) < 4.78 is 7.15. The third kappa shape index (κ3) is 6.26. The summed E-state index contributed by atoms with van der Waals surface area (Å²) in [6.07, 6.45) is 0.979. The van der Waals surface area contributed by atoms with Crippen molar-refractivity contribution in [3.05, 3.63) is 60.7 Å². The Morgan fingerprint density at radius 1 is 1.09 bits per heavy atom. The average Bonchev–Trinajstić information content (AvgIpc) is 3.28. The normalized spacial score (nSPS) is 11.3. The molecular weight excluding hydrogens is 458 g/mol. The number of methoxy groups -OCH3 is 1. The minimum atomic E-state index is -0.0484. The maximum Gasteiger partial charge on any atom is 0.230 e. The lowest BCUT2D eigenvalue weighted by molar-refractivity contribution is -0.118. The number of thioether (sulfide) groups is 1. The van der Waals surface area contributed by atoms with Gasteiger partial charge in [-0.2, -0.15) is 0 Å². The van der Waals surface area contributed by atoms with Gasteiger partial charge < -0.3 is 14.6 Å². The van der Waals surface area contributed by atoms with E-state index in [0.29, 0.717) is 19.1 Å². The first kappa shape index (κ1) is 24.9. The number of nitrogens with zero attached hydrogens (tertiary/aromatic N) is 4. The molecule has 35 heavy (non-hydrogen) atoms. The fourth-order valence-corrected chi connectivity index (χ4v) is 4.57. The van der Waals surface area contributed by atoms with Crippen LogP contribution in [0.25, 0.3) is 33.5 Å². The summed E-state index contributed by atoms with van der Waals surface area (Å²) in [5, 5.41) is 13.7. The van der Waals surface area contributed by atoms with Crippen LogP contribution < -0.4 is 5.32 Å². The molecule has 0 aliphatic carbocycles. The highest BCUT2D eigenvalue weighted by Crippen LogP contribution is 2.33. The first-order valence-electron chi connectivity index (χ1n) is 11.8. The predicted octanol–water partition coefficient (Wildman–Crippen LogP) is 5.06. The molecule has 1 amide bonds. The Kier molecular flexibility index (Phi) is 8.50. The molecule has 182 valence electrons. The fraction of sp³-hybridized carbons (Fsp3) is 0.333. The van der Waals surface area contributed by atoms with Crippen molar-refractivity contribution in [3.8, 4) is 22.6 Å². The molecule has 2 aromatic carbocycles. The first-order chi connectivity index (χ1) is 17.1. The molecular formula is C27H31N5O2S. The fourth-order valence-electron chi connectivity index (χ4n) is 3.77. The molecule has 0 aliphatic heterocycles. The van der Waals surface area contributed by atoms with Gasteiger partial charge >= 0.3 is 0 Å². The lowest BCUT2D eigenvalue weighted by Crippen LogP contribution is -2.28. The molecule has 0 spiro atoms. The number of aromatic nitrogens is 4. The molecule has 0 unspecified atom stereocenters. The number of para-hydroxylation sites is 1. The Morgan fingerprint density at radius 3 is 2.63 bits per heavy atom. The van der Waals surface area contributed by atoms with Crippen LogP contribution >= 0.6 is 11.8 Å². The Balaban J connectivity index is 1.73. The SMILES string of the molecule is COCCNC(=O)CSc1nnc(-c2cc(-c3ccccc3)nc3ccccc23)n1CCC(C)C. The van der Waals surface area contributed by atoms with Crippen molar-refractivity contribution >= 4 is 28.6 Å². The second-order valence-electron chi connectivity index (χ2n) is 8.71. The molecule has 8 heteroatoms. The van der Waals surface area contributed by atoms with E-state index >= 15 is 0 Å². The molecule has 7 nitrogen and oxygen atoms in total. The molecule has 0 fully saturated rings. The minimum Gasteiger partial charge on any atom is -0.383 e. The van der Waals surface area contributed by atoms with E-state index in [4.69, 9.17) is 9.72 Å². The molecule has 0 saturated carbocycles. The Hall–Kier alpha value is -3.23. The molecule has 0 atom stereocenters. The van der Waals surface area contributed by atoms with Crippen LogP contribution in [0.2, 0.25) is 0 Å². The van der Waals surface area contributed by atoms with E-state index < -0.39 is 0 Å². The molecule has 0 radical (unpaired) electrons. The molecule has 4 rings (SSSR count). The molecule has 1 N–H and O–H groups in total. The number of fused-ring (bicyclic) bond motifs is 1. The monoisotopic (exact) mass is 489 g/mol. The Morgan fingerprint density at radius 2 is 1.86 bits per heavy atom. The van der Waals surface area contributed by atoms with E-state index in [1.807, 2.05) is 36.4 Å². The average molecular weight is 490 g/mol. The van der Waals surface area contributed by atoms with Gasteiger partial charge in [0, 0.05) is 36.7 Å². The van der Waals surface area contributed by atoms with E-state index in [1.54, 1.807) is 7.11 Å². The lowest BCUT2D eigenvalue weighted by Gasteiger charge is -2.14. The topological polar surface area (TPSA) is 81.9 Å². The van der Waals surface area contributed by atoms with Crippen LogP contribution in [-0.4, -0.2) is 51.7 Å². The molecule has 0 bridgehead atoms. The van der Waals surface area contributed by atoms with Gasteiger partial charge in [-0.15, -0.1) is 10.2 Å². The zero-order valence-electron chi connectivity index (χ0n) is 20.4. The highest BCUT2D eigenvalue weighted by Gasteiger charge is 2.19. The van der Waals surface area contributed by atoms with Gasteiger partial charge in [0.15, 0.2) is 11.0 Å². The Labute approximate surface area is 210 Å². The predicted molar refractivity (Wildman–Crippen MR) is 141 cm³/mol. The van der Waals surface area contributed by atoms with Crippen LogP contribution in [-0.2, 0) is 16.1 Å². The van der Waals surface area contributed by atoms with Gasteiger partial charge in [-0.3, -0.25) is 4.79 Å². The number of ether oxygens (including phenoxy) is 1. The van der Waals surface area contributed by atoms with Gasteiger partial charge in [-0.1, -0.05) is 74.1 Å². The zero-order valence-corrected chi connectivity index (χ0v) is 21.2. The summed E-state index contributed by atoms with van der Waals surface area (Å²) in [5.74, 6) is 1.54. The number of rotatable bonds is 11. The second-order valence-corrected chi connectivity index (χ2v) is 9.65. The van der Waals surface area contributed by atoms with Gasteiger partial charge in [0.1, 0.15) is 0 Å². The molecule has 0 aliphatic rings. The molecule has 4 aromatic rings. The van der Waals surface area contributed by atoms with Gasteiger partial charge in [-0.25, -0.2) is 4.98 Å². The van der Waals surface area contributed by atoms with E-state index in [0.717, 1.165) is 51.7 Å². The highest BCUT2D eigenvalue weighted by atomic mass is 32.2. The van der Waals surface area contributed by atoms with E-state index in [2.05, 4.69) is 58.2 Å². The van der Waals surface area contributed by atoms with Gasteiger partial charge in [0.2, 0.25) is 5.91 Å². The number of carbonyl (C=O) groups is 1. The van der Waals surface area contributed by atoms with Gasteiger partial charge in [0.05, 0.1) is 23.6 Å². The van der Waals surface area contributed by atoms with Gasteiger partial charge in [0.25, 0.3) is 0 Å². The summed E-state index contributed by atoms with van der Waals surface area (Å²) >= 11 is 1.41. The van der Waals surface area contributed by atoms with E-state index in [1.165, 1.54) is 11.8 Å². The van der Waals surface area contributed by atoms with E-state index in [-0.39, 0.29) is 11.7 Å². The number of benzene rings is 2. The number of hydrogen-bond acceptors (Lipinski definition) is 6. The van der Waals surface area contributed by atoms with Crippen molar-refractivity contribution < 1.29 is 9.53 Å². The smallest absolute Gasteiger partial charge is 0.230 e. The highest BCUT2D eigenvalue weighted by molar-refractivity contribution is 7.99. The van der Waals surface area contributed by atoms with Crippen molar-refractivity contribution in [1.29, 1.82) is 0 Å². The van der Waals surface area contributed by atoms with Crippen LogP contribution in [0.4, 0.5) is 0 Å². The van der Waals surface area contributed by atoms with Crippen LogP contribution in [0.1, 0.15) is 20.3 Å². The number of carbonyl (C=O) groups excluding carboxylic acids is 1. The third-order valence-corrected chi connectivity index (χ3v) is 6.60. The van der Waals surface area contributed by atoms with Crippen molar-refractivity contribution in [1.82, 2.24) is 25.1 Å². The Bertz CT molecular complexity index is 1270. The third-order valence-electron chi connectivity index (χ3n) is 5.63. The molecule has 2 heterocycles. The lowest BCUT2D eigenvalue weighted by atomic mass is 10.0. The largest absolute Gasteiger partial charge is 0.383 e. The summed E-state index contributed by atoms with van der Waals surface area (Å²) in [7, 11) is 1.62. The number of nitrogens with one attached hydrogen (secondary N) is 1.